The highest BCUT2D eigenvalue weighted by Crippen LogP contribution is 2.22. The largest absolute Gasteiger partial charge is 0.465 e. The van der Waals surface area contributed by atoms with E-state index >= 15 is 0 Å². The number of hydrogen-bond donors (Lipinski definition) is 1. The van der Waals surface area contributed by atoms with Gasteiger partial charge in [-0.1, -0.05) is 22.6 Å². The second-order valence-electron chi connectivity index (χ2n) is 3.54. The summed E-state index contributed by atoms with van der Waals surface area (Å²) in [6.45, 7) is 1.47. The maximum Gasteiger partial charge on any atom is 0.407 e. The highest BCUT2D eigenvalue weighted by molar-refractivity contribution is 14.1. The van der Waals surface area contributed by atoms with Crippen molar-refractivity contribution in [3.63, 3.8) is 0 Å². The zero-order chi connectivity index (χ0) is 9.68. The van der Waals surface area contributed by atoms with Gasteiger partial charge < -0.3 is 10.0 Å². The minimum atomic E-state index is -0.757. The molecule has 0 bridgehead atoms. The van der Waals surface area contributed by atoms with E-state index in [1.54, 1.807) is 0 Å². The van der Waals surface area contributed by atoms with Crippen LogP contribution in [0, 0.1) is 5.92 Å². The first-order valence-electron chi connectivity index (χ1n) is 4.78. The Balaban J connectivity index is 2.18. The quantitative estimate of drug-likeness (QED) is 0.642. The van der Waals surface area contributed by atoms with Crippen molar-refractivity contribution in [1.29, 1.82) is 0 Å². The van der Waals surface area contributed by atoms with Crippen LogP contribution in [0.4, 0.5) is 4.79 Å². The van der Waals surface area contributed by atoms with E-state index in [0.29, 0.717) is 0 Å². The molecule has 3 nitrogen and oxygen atoms in total. The van der Waals surface area contributed by atoms with Crippen LogP contribution in [0.1, 0.15) is 25.7 Å². The van der Waals surface area contributed by atoms with E-state index in [4.69, 9.17) is 5.11 Å². The Morgan fingerprint density at radius 2 is 2.08 bits per heavy atom. The third kappa shape index (κ3) is 3.70. The molecular formula is C9H16INO2. The molecule has 0 unspecified atom stereocenters. The van der Waals surface area contributed by atoms with Crippen LogP contribution in [0.3, 0.4) is 0 Å². The minimum Gasteiger partial charge on any atom is -0.465 e. The highest BCUT2D eigenvalue weighted by Gasteiger charge is 2.21. The third-order valence-electron chi connectivity index (χ3n) is 2.63. The Bertz CT molecular complexity index is 167. The molecule has 1 saturated heterocycles. The number of hydrogen-bond acceptors (Lipinski definition) is 1. The minimum absolute atomic E-state index is 0.737. The van der Waals surface area contributed by atoms with Crippen molar-refractivity contribution in [3.05, 3.63) is 0 Å². The molecule has 0 aromatic heterocycles. The van der Waals surface area contributed by atoms with E-state index in [9.17, 15) is 4.79 Å². The normalized spacial score (nSPS) is 19.0. The van der Waals surface area contributed by atoms with Gasteiger partial charge in [-0.2, -0.15) is 0 Å². The number of piperidine rings is 1. The summed E-state index contributed by atoms with van der Waals surface area (Å²) >= 11 is 2.39. The summed E-state index contributed by atoms with van der Waals surface area (Å²) in [5, 5.41) is 8.73. The maximum atomic E-state index is 10.6. The first kappa shape index (κ1) is 11.1. The highest BCUT2D eigenvalue weighted by atomic mass is 127. The molecule has 1 N–H and O–H groups in total. The van der Waals surface area contributed by atoms with Gasteiger partial charge in [-0.3, -0.25) is 0 Å². The number of alkyl halides is 1. The first-order valence-corrected chi connectivity index (χ1v) is 6.30. The third-order valence-corrected chi connectivity index (χ3v) is 3.39. The summed E-state index contributed by atoms with van der Waals surface area (Å²) in [5.41, 5.74) is 0. The second kappa shape index (κ2) is 5.67. The predicted octanol–water partition coefficient (Wildman–Crippen LogP) is 2.59. The van der Waals surface area contributed by atoms with Crippen LogP contribution in [-0.4, -0.2) is 33.6 Å². The second-order valence-corrected chi connectivity index (χ2v) is 4.62. The van der Waals surface area contributed by atoms with Crippen LogP contribution in [0.15, 0.2) is 0 Å². The number of nitrogens with zero attached hydrogens (tertiary/aromatic N) is 1. The Labute approximate surface area is 92.6 Å². The molecule has 0 radical (unpaired) electrons. The summed E-state index contributed by atoms with van der Waals surface area (Å²) in [6.07, 6.45) is 3.91. The molecule has 1 aliphatic rings. The molecule has 0 spiro atoms. The number of carbonyl (C=O) groups is 1. The molecule has 1 aliphatic heterocycles. The summed E-state index contributed by atoms with van der Waals surface area (Å²) in [6, 6.07) is 0. The number of likely N-dealkylation sites (tertiary alicyclic amines) is 1. The number of rotatable bonds is 3. The lowest BCUT2D eigenvalue weighted by Crippen LogP contribution is -2.37. The molecule has 0 aromatic carbocycles. The molecule has 0 saturated carbocycles. The summed E-state index contributed by atoms with van der Waals surface area (Å²) in [4.78, 5) is 12.1. The topological polar surface area (TPSA) is 40.5 Å². The fourth-order valence-electron chi connectivity index (χ4n) is 1.78. The summed E-state index contributed by atoms with van der Waals surface area (Å²) in [5.74, 6) is 0.769. The average molecular weight is 297 g/mol. The van der Waals surface area contributed by atoms with Gasteiger partial charge in [0.1, 0.15) is 0 Å². The predicted molar refractivity (Wildman–Crippen MR) is 60.4 cm³/mol. The van der Waals surface area contributed by atoms with Crippen molar-refractivity contribution >= 4 is 28.7 Å². The van der Waals surface area contributed by atoms with Crippen LogP contribution in [0.2, 0.25) is 0 Å². The average Bonchev–Trinajstić information content (AvgIpc) is 2.15. The van der Waals surface area contributed by atoms with E-state index < -0.39 is 6.09 Å². The number of carboxylic acid groups (broad SMARTS) is 1. The lowest BCUT2D eigenvalue weighted by molar-refractivity contribution is 0.123. The van der Waals surface area contributed by atoms with Gasteiger partial charge in [0.25, 0.3) is 0 Å². The van der Waals surface area contributed by atoms with Gasteiger partial charge in [0.05, 0.1) is 0 Å². The van der Waals surface area contributed by atoms with Gasteiger partial charge in [0, 0.05) is 13.1 Å². The number of amides is 1. The Kier molecular flexibility index (Phi) is 4.83. The molecule has 0 atom stereocenters. The fraction of sp³-hybridized carbons (Fsp3) is 0.889. The molecule has 1 heterocycles. The summed E-state index contributed by atoms with van der Waals surface area (Å²) < 4.78 is 1.22. The molecule has 4 heteroatoms. The fourth-order valence-corrected chi connectivity index (χ4v) is 2.22. The van der Waals surface area contributed by atoms with Gasteiger partial charge in [-0.05, 0) is 36.0 Å². The molecule has 13 heavy (non-hydrogen) atoms. The van der Waals surface area contributed by atoms with Gasteiger partial charge >= 0.3 is 6.09 Å². The van der Waals surface area contributed by atoms with Gasteiger partial charge in [0.2, 0.25) is 0 Å². The molecule has 0 aromatic rings. The molecule has 0 aliphatic carbocycles. The smallest absolute Gasteiger partial charge is 0.407 e. The van der Waals surface area contributed by atoms with Gasteiger partial charge in [0.15, 0.2) is 0 Å². The van der Waals surface area contributed by atoms with E-state index in [1.807, 2.05) is 0 Å². The van der Waals surface area contributed by atoms with Crippen LogP contribution < -0.4 is 0 Å². The molecule has 76 valence electrons. The van der Waals surface area contributed by atoms with Crippen LogP contribution >= 0.6 is 22.6 Å². The molecule has 1 rings (SSSR count). The van der Waals surface area contributed by atoms with Gasteiger partial charge in [-0.15, -0.1) is 0 Å². The SMILES string of the molecule is O=C(O)N1CCC(CCCI)CC1. The number of halogens is 1. The monoisotopic (exact) mass is 297 g/mol. The first-order chi connectivity index (χ1) is 6.24. The Hall–Kier alpha value is 0. The van der Waals surface area contributed by atoms with E-state index in [2.05, 4.69) is 22.6 Å². The van der Waals surface area contributed by atoms with Gasteiger partial charge in [-0.25, -0.2) is 4.79 Å². The molecular weight excluding hydrogens is 281 g/mol. The van der Waals surface area contributed by atoms with Crippen LogP contribution in [-0.2, 0) is 0 Å². The van der Waals surface area contributed by atoms with Crippen LogP contribution in [0.25, 0.3) is 0 Å². The van der Waals surface area contributed by atoms with Crippen molar-refractivity contribution in [2.45, 2.75) is 25.7 Å². The van der Waals surface area contributed by atoms with E-state index in [1.165, 1.54) is 22.2 Å². The van der Waals surface area contributed by atoms with E-state index in [0.717, 1.165) is 31.8 Å². The lowest BCUT2D eigenvalue weighted by atomic mass is 9.93. The van der Waals surface area contributed by atoms with E-state index in [-0.39, 0.29) is 0 Å². The Morgan fingerprint density at radius 1 is 1.46 bits per heavy atom. The van der Waals surface area contributed by atoms with Crippen LogP contribution in [0.5, 0.6) is 0 Å². The zero-order valence-corrected chi connectivity index (χ0v) is 9.87. The lowest BCUT2D eigenvalue weighted by Gasteiger charge is -2.29. The summed E-state index contributed by atoms with van der Waals surface area (Å²) in [7, 11) is 0. The van der Waals surface area contributed by atoms with Crippen molar-refractivity contribution in [1.82, 2.24) is 4.90 Å². The van der Waals surface area contributed by atoms with Crippen molar-refractivity contribution in [2.24, 2.45) is 5.92 Å². The molecule has 1 amide bonds. The Morgan fingerprint density at radius 3 is 2.54 bits per heavy atom. The maximum absolute atomic E-state index is 10.6. The zero-order valence-electron chi connectivity index (χ0n) is 7.71. The van der Waals surface area contributed by atoms with Crippen molar-refractivity contribution in [2.75, 3.05) is 17.5 Å². The van der Waals surface area contributed by atoms with Crippen molar-refractivity contribution in [3.8, 4) is 0 Å². The van der Waals surface area contributed by atoms with Crippen molar-refractivity contribution < 1.29 is 9.90 Å². The standard InChI is InChI=1S/C9H16INO2/c10-5-1-2-8-3-6-11(7-4-8)9(12)13/h8H,1-7H2,(H,12,13). The molecule has 1 fully saturated rings.